The van der Waals surface area contributed by atoms with Crippen molar-refractivity contribution >= 4 is 29.1 Å². The first-order chi connectivity index (χ1) is 12.5. The van der Waals surface area contributed by atoms with Gasteiger partial charge in [0.2, 0.25) is 5.91 Å². The highest BCUT2D eigenvalue weighted by Gasteiger charge is 2.10. The summed E-state index contributed by atoms with van der Waals surface area (Å²) in [6, 6.07) is 11.0. The summed E-state index contributed by atoms with van der Waals surface area (Å²) in [7, 11) is 0. The maximum Gasteiger partial charge on any atom is 0.220 e. The summed E-state index contributed by atoms with van der Waals surface area (Å²) in [5.74, 6) is 1.33. The van der Waals surface area contributed by atoms with Crippen LogP contribution in [-0.4, -0.2) is 19.1 Å². The number of benzene rings is 2. The average Bonchev–Trinajstić information content (AvgIpc) is 2.62. The number of carbonyl (C=O) groups excluding carboxylic acids is 1. The molecule has 0 aliphatic rings. The largest absolute Gasteiger partial charge is 0.490 e. The van der Waals surface area contributed by atoms with Gasteiger partial charge in [0.1, 0.15) is 0 Å². The lowest BCUT2D eigenvalue weighted by Crippen LogP contribution is -2.23. The molecule has 0 radical (unpaired) electrons. The van der Waals surface area contributed by atoms with E-state index in [1.807, 2.05) is 32.0 Å². The molecule has 26 heavy (non-hydrogen) atoms. The van der Waals surface area contributed by atoms with Crippen molar-refractivity contribution in [1.29, 1.82) is 0 Å². The number of nitrogens with one attached hydrogen (secondary N) is 1. The van der Waals surface area contributed by atoms with E-state index in [-0.39, 0.29) is 5.91 Å². The van der Waals surface area contributed by atoms with Gasteiger partial charge in [0.05, 0.1) is 13.2 Å². The van der Waals surface area contributed by atoms with Crippen LogP contribution in [0.2, 0.25) is 10.0 Å². The number of hydrogen-bond donors (Lipinski definition) is 1. The Labute approximate surface area is 164 Å². The summed E-state index contributed by atoms with van der Waals surface area (Å²) in [6.07, 6.45) is 0.816. The fraction of sp³-hybridized carbons (Fsp3) is 0.350. The number of halogens is 2. The van der Waals surface area contributed by atoms with Crippen molar-refractivity contribution in [2.45, 2.75) is 33.2 Å². The van der Waals surface area contributed by atoms with Crippen LogP contribution in [0.25, 0.3) is 0 Å². The second-order valence-corrected chi connectivity index (χ2v) is 6.44. The summed E-state index contributed by atoms with van der Waals surface area (Å²) >= 11 is 12.3. The molecular formula is C20H23Cl2NO3. The summed E-state index contributed by atoms with van der Waals surface area (Å²) in [6.45, 7) is 5.38. The summed E-state index contributed by atoms with van der Waals surface area (Å²) in [5, 5.41) is 4.07. The number of carbonyl (C=O) groups is 1. The monoisotopic (exact) mass is 395 g/mol. The first kappa shape index (κ1) is 20.4. The maximum absolute atomic E-state index is 12.1. The zero-order valence-electron chi connectivity index (χ0n) is 15.0. The normalized spacial score (nSPS) is 10.5. The van der Waals surface area contributed by atoms with E-state index >= 15 is 0 Å². The van der Waals surface area contributed by atoms with E-state index < -0.39 is 0 Å². The van der Waals surface area contributed by atoms with Crippen molar-refractivity contribution in [2.24, 2.45) is 0 Å². The topological polar surface area (TPSA) is 47.6 Å². The quantitative estimate of drug-likeness (QED) is 0.646. The van der Waals surface area contributed by atoms with Crippen molar-refractivity contribution in [3.63, 3.8) is 0 Å². The molecule has 2 aromatic carbocycles. The van der Waals surface area contributed by atoms with E-state index in [4.69, 9.17) is 32.7 Å². The van der Waals surface area contributed by atoms with E-state index in [2.05, 4.69) is 5.32 Å². The van der Waals surface area contributed by atoms with Crippen LogP contribution in [0.4, 0.5) is 0 Å². The van der Waals surface area contributed by atoms with Gasteiger partial charge in [-0.2, -0.15) is 0 Å². The lowest BCUT2D eigenvalue weighted by molar-refractivity contribution is -0.121. The maximum atomic E-state index is 12.1. The van der Waals surface area contributed by atoms with Gasteiger partial charge in [-0.3, -0.25) is 4.79 Å². The summed E-state index contributed by atoms with van der Waals surface area (Å²) in [4.78, 5) is 12.1. The highest BCUT2D eigenvalue weighted by Crippen LogP contribution is 2.28. The van der Waals surface area contributed by atoms with Gasteiger partial charge >= 0.3 is 0 Å². The molecule has 4 nitrogen and oxygen atoms in total. The van der Waals surface area contributed by atoms with Crippen LogP contribution in [0.15, 0.2) is 36.4 Å². The van der Waals surface area contributed by atoms with E-state index in [0.29, 0.717) is 54.1 Å². The molecule has 0 aliphatic heterocycles. The highest BCUT2D eigenvalue weighted by molar-refractivity contribution is 6.36. The summed E-state index contributed by atoms with van der Waals surface area (Å²) in [5.41, 5.74) is 1.74. The molecule has 0 heterocycles. The standard InChI is InChI=1S/C20H23Cl2NO3/c1-3-25-18-10-8-14(12-19(18)26-4-2)13-23-20(24)11-9-15-16(21)6-5-7-17(15)22/h5-8,10,12H,3-4,9,11,13H2,1-2H3,(H,23,24). The smallest absolute Gasteiger partial charge is 0.220 e. The van der Waals surface area contributed by atoms with Gasteiger partial charge in [-0.05, 0) is 55.7 Å². The van der Waals surface area contributed by atoms with Crippen LogP contribution in [0.5, 0.6) is 11.5 Å². The Kier molecular flexibility index (Phi) is 8.07. The molecule has 0 unspecified atom stereocenters. The Bertz CT molecular complexity index is 730. The molecule has 6 heteroatoms. The molecule has 0 saturated heterocycles. The number of rotatable bonds is 9. The minimum Gasteiger partial charge on any atom is -0.490 e. The number of hydrogen-bond acceptors (Lipinski definition) is 3. The van der Waals surface area contributed by atoms with Gasteiger partial charge in [0.25, 0.3) is 0 Å². The first-order valence-electron chi connectivity index (χ1n) is 8.63. The molecule has 0 saturated carbocycles. The van der Waals surface area contributed by atoms with Crippen LogP contribution in [-0.2, 0) is 17.8 Å². The third-order valence-corrected chi connectivity index (χ3v) is 4.47. The minimum atomic E-state index is -0.0622. The van der Waals surface area contributed by atoms with E-state index in [1.165, 1.54) is 0 Å². The molecule has 0 aromatic heterocycles. The average molecular weight is 396 g/mol. The second kappa shape index (κ2) is 10.3. The second-order valence-electron chi connectivity index (χ2n) is 5.62. The van der Waals surface area contributed by atoms with Gasteiger partial charge in [0.15, 0.2) is 11.5 Å². The third-order valence-electron chi connectivity index (χ3n) is 3.76. The first-order valence-corrected chi connectivity index (χ1v) is 9.38. The van der Waals surface area contributed by atoms with Gasteiger partial charge < -0.3 is 14.8 Å². The van der Waals surface area contributed by atoms with Gasteiger partial charge in [-0.1, -0.05) is 35.3 Å². The van der Waals surface area contributed by atoms with Crippen molar-refractivity contribution in [3.05, 3.63) is 57.6 Å². The van der Waals surface area contributed by atoms with Gasteiger partial charge in [-0.25, -0.2) is 0 Å². The molecule has 1 N–H and O–H groups in total. The SMILES string of the molecule is CCOc1ccc(CNC(=O)CCc2c(Cl)cccc2Cl)cc1OCC. The van der Waals surface area contributed by atoms with Crippen molar-refractivity contribution in [2.75, 3.05) is 13.2 Å². The van der Waals surface area contributed by atoms with Crippen molar-refractivity contribution < 1.29 is 14.3 Å². The number of amides is 1. The van der Waals surface area contributed by atoms with Crippen LogP contribution < -0.4 is 14.8 Å². The van der Waals surface area contributed by atoms with E-state index in [9.17, 15) is 4.79 Å². The predicted molar refractivity (Wildman–Crippen MR) is 105 cm³/mol. The lowest BCUT2D eigenvalue weighted by Gasteiger charge is -2.13. The molecule has 0 fully saturated rings. The van der Waals surface area contributed by atoms with Gasteiger partial charge in [-0.15, -0.1) is 0 Å². The molecule has 140 valence electrons. The Morgan fingerprint density at radius 2 is 1.65 bits per heavy atom. The molecule has 0 aliphatic carbocycles. The Morgan fingerprint density at radius 3 is 2.31 bits per heavy atom. The Hall–Kier alpha value is -1.91. The predicted octanol–water partition coefficient (Wildman–Crippen LogP) is 5.04. The van der Waals surface area contributed by atoms with Gasteiger partial charge in [0, 0.05) is 23.0 Å². The third kappa shape index (κ3) is 5.82. The zero-order valence-corrected chi connectivity index (χ0v) is 16.5. The van der Waals surface area contributed by atoms with E-state index in [1.54, 1.807) is 18.2 Å². The summed E-state index contributed by atoms with van der Waals surface area (Å²) < 4.78 is 11.1. The molecule has 0 atom stereocenters. The fourth-order valence-corrected chi connectivity index (χ4v) is 3.09. The van der Waals surface area contributed by atoms with Crippen LogP contribution in [0, 0.1) is 0 Å². The molecule has 0 spiro atoms. The fourth-order valence-electron chi connectivity index (χ4n) is 2.50. The van der Waals surface area contributed by atoms with Crippen LogP contribution >= 0.6 is 23.2 Å². The lowest BCUT2D eigenvalue weighted by atomic mass is 10.1. The number of ether oxygens (including phenoxy) is 2. The molecule has 1 amide bonds. The van der Waals surface area contributed by atoms with Crippen molar-refractivity contribution in [3.8, 4) is 11.5 Å². The molecule has 0 bridgehead atoms. The molecular weight excluding hydrogens is 373 g/mol. The Balaban J connectivity index is 1.91. The molecule has 2 aromatic rings. The molecule has 2 rings (SSSR count). The minimum absolute atomic E-state index is 0.0622. The Morgan fingerprint density at radius 1 is 1.00 bits per heavy atom. The van der Waals surface area contributed by atoms with E-state index in [0.717, 1.165) is 11.1 Å². The highest BCUT2D eigenvalue weighted by atomic mass is 35.5. The van der Waals surface area contributed by atoms with Crippen molar-refractivity contribution in [1.82, 2.24) is 5.32 Å². The van der Waals surface area contributed by atoms with Crippen LogP contribution in [0.1, 0.15) is 31.4 Å². The van der Waals surface area contributed by atoms with Crippen LogP contribution in [0.3, 0.4) is 0 Å². The zero-order chi connectivity index (χ0) is 18.9.